The smallest absolute Gasteiger partial charge is 0.394 e. The molecule has 0 saturated heterocycles. The van der Waals surface area contributed by atoms with Crippen LogP contribution in [0.25, 0.3) is 0 Å². The van der Waals surface area contributed by atoms with Crippen molar-refractivity contribution in [3.8, 4) is 0 Å². The van der Waals surface area contributed by atoms with Gasteiger partial charge in [-0.05, 0) is 6.42 Å². The van der Waals surface area contributed by atoms with Crippen LogP contribution in [0.3, 0.4) is 0 Å². The lowest BCUT2D eigenvalue weighted by atomic mass is 10.1. The molecule has 6 nitrogen and oxygen atoms in total. The van der Waals surface area contributed by atoms with Gasteiger partial charge in [0.2, 0.25) is 0 Å². The van der Waals surface area contributed by atoms with E-state index in [9.17, 15) is 0 Å². The fourth-order valence-electron chi connectivity index (χ4n) is 1.33. The Bertz CT molecular complexity index is 222. The molecule has 0 radical (unpaired) electrons. The van der Waals surface area contributed by atoms with Crippen LogP contribution in [0.15, 0.2) is 0 Å². The van der Waals surface area contributed by atoms with Crippen LogP contribution in [0.4, 0.5) is 0 Å². The minimum atomic E-state index is -4.67. The van der Waals surface area contributed by atoms with Crippen molar-refractivity contribution >= 4 is 10.4 Å². The van der Waals surface area contributed by atoms with E-state index in [0.29, 0.717) is 6.61 Å². The number of rotatable bonds is 10. The molecule has 0 heterocycles. The van der Waals surface area contributed by atoms with Gasteiger partial charge < -0.3 is 9.84 Å². The van der Waals surface area contributed by atoms with Crippen molar-refractivity contribution in [2.45, 2.75) is 51.9 Å². The van der Waals surface area contributed by atoms with E-state index in [1.54, 1.807) is 0 Å². The van der Waals surface area contributed by atoms with Gasteiger partial charge >= 0.3 is 10.4 Å². The van der Waals surface area contributed by atoms with Gasteiger partial charge in [-0.1, -0.05) is 45.4 Å². The summed E-state index contributed by atoms with van der Waals surface area (Å²) >= 11 is 0. The van der Waals surface area contributed by atoms with Crippen LogP contribution in [0.5, 0.6) is 0 Å². The number of hydrogen-bond acceptors (Lipinski definition) is 4. The van der Waals surface area contributed by atoms with Crippen molar-refractivity contribution in [2.75, 3.05) is 19.8 Å². The highest BCUT2D eigenvalue weighted by molar-refractivity contribution is 7.79. The monoisotopic (exact) mass is 286 g/mol. The first-order valence-electron chi connectivity index (χ1n) is 6.30. The minimum absolute atomic E-state index is 0.149. The molecule has 18 heavy (non-hydrogen) atoms. The Kier molecular flexibility index (Phi) is 16.6. The summed E-state index contributed by atoms with van der Waals surface area (Å²) in [5, 5.41) is 8.44. The van der Waals surface area contributed by atoms with Crippen molar-refractivity contribution in [3.63, 3.8) is 0 Å². The normalized spacial score (nSPS) is 10.9. The molecule has 0 rings (SSSR count). The molecule has 0 fully saturated rings. The van der Waals surface area contributed by atoms with E-state index in [-0.39, 0.29) is 6.61 Å². The Morgan fingerprint density at radius 1 is 0.889 bits per heavy atom. The SMILES string of the molecule is CCCCCCCCCOCCO.O=S(=O)(O)O. The van der Waals surface area contributed by atoms with Crippen molar-refractivity contribution in [3.05, 3.63) is 0 Å². The molecule has 0 unspecified atom stereocenters. The summed E-state index contributed by atoms with van der Waals surface area (Å²) in [6, 6.07) is 0. The lowest BCUT2D eigenvalue weighted by molar-refractivity contribution is 0.0895. The molecule has 112 valence electrons. The first-order chi connectivity index (χ1) is 8.41. The summed E-state index contributed by atoms with van der Waals surface area (Å²) < 4.78 is 36.7. The number of aliphatic hydroxyl groups is 1. The number of ether oxygens (including phenoxy) is 1. The Balaban J connectivity index is 0. The highest BCUT2D eigenvalue weighted by atomic mass is 32.3. The topological polar surface area (TPSA) is 104 Å². The zero-order valence-electron chi connectivity index (χ0n) is 11.0. The maximum atomic E-state index is 8.74. The van der Waals surface area contributed by atoms with Gasteiger partial charge in [0.1, 0.15) is 0 Å². The van der Waals surface area contributed by atoms with Gasteiger partial charge in [0.15, 0.2) is 0 Å². The number of aliphatic hydroxyl groups excluding tert-OH is 1. The van der Waals surface area contributed by atoms with Crippen LogP contribution in [0, 0.1) is 0 Å². The highest BCUT2D eigenvalue weighted by Gasteiger charge is 1.90. The molecule has 0 aromatic heterocycles. The maximum Gasteiger partial charge on any atom is 0.394 e. The fourth-order valence-corrected chi connectivity index (χ4v) is 1.33. The first kappa shape index (κ1) is 20.1. The Labute approximate surface area is 110 Å². The summed E-state index contributed by atoms with van der Waals surface area (Å²) in [5.74, 6) is 0. The van der Waals surface area contributed by atoms with E-state index in [1.807, 2.05) is 0 Å². The number of hydrogen-bond donors (Lipinski definition) is 3. The van der Waals surface area contributed by atoms with Gasteiger partial charge in [0, 0.05) is 6.61 Å². The van der Waals surface area contributed by atoms with E-state index in [1.165, 1.54) is 38.5 Å². The number of unbranched alkanes of at least 4 members (excludes halogenated alkanes) is 6. The quantitative estimate of drug-likeness (QED) is 0.419. The second kappa shape index (κ2) is 14.8. The molecule has 0 aliphatic heterocycles. The molecule has 0 atom stereocenters. The second-order valence-electron chi connectivity index (χ2n) is 3.91. The van der Waals surface area contributed by atoms with Crippen LogP contribution in [-0.2, 0) is 15.1 Å². The predicted molar refractivity (Wildman–Crippen MR) is 70.1 cm³/mol. The molecule has 0 saturated carbocycles. The summed E-state index contributed by atoms with van der Waals surface area (Å²) in [4.78, 5) is 0. The molecule has 7 heteroatoms. The maximum absolute atomic E-state index is 8.74. The third kappa shape index (κ3) is 36.0. The van der Waals surface area contributed by atoms with Crippen molar-refractivity contribution in [1.82, 2.24) is 0 Å². The molecule has 0 spiro atoms. The Morgan fingerprint density at radius 3 is 1.78 bits per heavy atom. The van der Waals surface area contributed by atoms with Crippen LogP contribution in [-0.4, -0.2) is 42.5 Å². The van der Waals surface area contributed by atoms with Gasteiger partial charge in [-0.3, -0.25) is 9.11 Å². The third-order valence-electron chi connectivity index (χ3n) is 2.13. The molecule has 3 N–H and O–H groups in total. The molecule has 0 aliphatic carbocycles. The molecular weight excluding hydrogens is 260 g/mol. The molecule has 0 amide bonds. The molecule has 0 aliphatic rings. The lowest BCUT2D eigenvalue weighted by Gasteiger charge is -2.02. The molecule has 0 aromatic rings. The Hall–Kier alpha value is -0.210. The van der Waals surface area contributed by atoms with Gasteiger partial charge in [0.05, 0.1) is 13.2 Å². The summed E-state index contributed by atoms with van der Waals surface area (Å²) in [5.41, 5.74) is 0. The molecule has 0 bridgehead atoms. The predicted octanol–water partition coefficient (Wildman–Crippen LogP) is 2.09. The second-order valence-corrected chi connectivity index (χ2v) is 4.80. The van der Waals surface area contributed by atoms with Gasteiger partial charge in [-0.15, -0.1) is 0 Å². The van der Waals surface area contributed by atoms with Gasteiger partial charge in [-0.25, -0.2) is 0 Å². The third-order valence-corrected chi connectivity index (χ3v) is 2.13. The summed E-state index contributed by atoms with van der Waals surface area (Å²) in [7, 11) is -4.67. The van der Waals surface area contributed by atoms with E-state index in [2.05, 4.69) is 6.92 Å². The van der Waals surface area contributed by atoms with Crippen molar-refractivity contribution < 1.29 is 27.4 Å². The van der Waals surface area contributed by atoms with Crippen LogP contribution < -0.4 is 0 Å². The summed E-state index contributed by atoms with van der Waals surface area (Å²) in [6.07, 6.45) is 9.20. The van der Waals surface area contributed by atoms with E-state index < -0.39 is 10.4 Å². The van der Waals surface area contributed by atoms with E-state index in [4.69, 9.17) is 27.4 Å². The highest BCUT2D eigenvalue weighted by Crippen LogP contribution is 2.06. The minimum Gasteiger partial charge on any atom is -0.394 e. The lowest BCUT2D eigenvalue weighted by Crippen LogP contribution is -2.00. The van der Waals surface area contributed by atoms with Gasteiger partial charge in [-0.2, -0.15) is 8.42 Å². The van der Waals surface area contributed by atoms with Crippen molar-refractivity contribution in [2.24, 2.45) is 0 Å². The van der Waals surface area contributed by atoms with Crippen molar-refractivity contribution in [1.29, 1.82) is 0 Å². The van der Waals surface area contributed by atoms with Crippen LogP contribution in [0.1, 0.15) is 51.9 Å². The summed E-state index contributed by atoms with van der Waals surface area (Å²) in [6.45, 7) is 3.70. The average Bonchev–Trinajstić information content (AvgIpc) is 2.25. The van der Waals surface area contributed by atoms with E-state index in [0.717, 1.165) is 13.0 Å². The standard InChI is InChI=1S/C11H24O2.H2O4S/c1-2-3-4-5-6-7-8-10-13-11-9-12;1-5(2,3)4/h12H,2-11H2,1H3;(H2,1,2,3,4). The molecular formula is C11H26O6S. The zero-order chi connectivity index (χ0) is 14.3. The first-order valence-corrected chi connectivity index (χ1v) is 7.70. The zero-order valence-corrected chi connectivity index (χ0v) is 11.9. The van der Waals surface area contributed by atoms with Crippen LogP contribution in [0.2, 0.25) is 0 Å². The Morgan fingerprint density at radius 2 is 1.33 bits per heavy atom. The van der Waals surface area contributed by atoms with E-state index >= 15 is 0 Å². The fraction of sp³-hybridized carbons (Fsp3) is 1.00. The largest absolute Gasteiger partial charge is 0.394 e. The van der Waals surface area contributed by atoms with Gasteiger partial charge in [0.25, 0.3) is 0 Å². The average molecular weight is 286 g/mol. The van der Waals surface area contributed by atoms with Crippen LogP contribution >= 0.6 is 0 Å². The molecule has 0 aromatic carbocycles.